The summed E-state index contributed by atoms with van der Waals surface area (Å²) in [6.45, 7) is 3.84. The zero-order valence-electron chi connectivity index (χ0n) is 9.14. The first-order valence-corrected chi connectivity index (χ1v) is 5.65. The van der Waals surface area contributed by atoms with Gasteiger partial charge in [0.15, 0.2) is 0 Å². The van der Waals surface area contributed by atoms with Crippen molar-refractivity contribution in [2.24, 2.45) is 0 Å². The Kier molecular flexibility index (Phi) is 4.44. The van der Waals surface area contributed by atoms with Gasteiger partial charge in [-0.25, -0.2) is 4.98 Å². The summed E-state index contributed by atoms with van der Waals surface area (Å²) in [4.78, 5) is 17.5. The standard InChI is InChI=1S/C11H12BrN3O/c1-8(2)15(6-5-13)11(16)9-3-4-10(12)14-7-9/h3-4,7-8H,6H2,1-2H3. The van der Waals surface area contributed by atoms with Crippen LogP contribution in [0.4, 0.5) is 0 Å². The quantitative estimate of drug-likeness (QED) is 0.631. The summed E-state index contributed by atoms with van der Waals surface area (Å²) in [6.07, 6.45) is 1.50. The van der Waals surface area contributed by atoms with E-state index in [1.807, 2.05) is 19.9 Å². The van der Waals surface area contributed by atoms with Crippen LogP contribution in [0.3, 0.4) is 0 Å². The van der Waals surface area contributed by atoms with Crippen molar-refractivity contribution < 1.29 is 4.79 Å². The Morgan fingerprint density at radius 2 is 2.31 bits per heavy atom. The number of rotatable bonds is 3. The van der Waals surface area contributed by atoms with Crippen molar-refractivity contribution >= 4 is 21.8 Å². The van der Waals surface area contributed by atoms with E-state index in [0.29, 0.717) is 10.2 Å². The molecule has 1 heterocycles. The summed E-state index contributed by atoms with van der Waals surface area (Å²) in [6, 6.07) is 5.38. The summed E-state index contributed by atoms with van der Waals surface area (Å²) in [5, 5.41) is 8.66. The lowest BCUT2D eigenvalue weighted by molar-refractivity contribution is 0.0731. The number of aromatic nitrogens is 1. The molecule has 16 heavy (non-hydrogen) atoms. The molecule has 1 rings (SSSR count). The van der Waals surface area contributed by atoms with Crippen molar-refractivity contribution in [3.05, 3.63) is 28.5 Å². The molecule has 0 N–H and O–H groups in total. The van der Waals surface area contributed by atoms with Gasteiger partial charge in [-0.3, -0.25) is 4.79 Å². The monoisotopic (exact) mass is 281 g/mol. The lowest BCUT2D eigenvalue weighted by Crippen LogP contribution is -2.37. The van der Waals surface area contributed by atoms with E-state index >= 15 is 0 Å². The molecule has 1 amide bonds. The molecule has 0 unspecified atom stereocenters. The van der Waals surface area contributed by atoms with Crippen LogP contribution in [-0.4, -0.2) is 28.4 Å². The van der Waals surface area contributed by atoms with Crippen LogP contribution in [-0.2, 0) is 0 Å². The molecule has 0 saturated carbocycles. The van der Waals surface area contributed by atoms with Crippen LogP contribution in [0.15, 0.2) is 22.9 Å². The Balaban J connectivity index is 2.91. The number of halogens is 1. The summed E-state index contributed by atoms with van der Waals surface area (Å²) in [7, 11) is 0. The van der Waals surface area contributed by atoms with Crippen LogP contribution < -0.4 is 0 Å². The molecule has 0 saturated heterocycles. The van der Waals surface area contributed by atoms with Gasteiger partial charge in [0.2, 0.25) is 0 Å². The van der Waals surface area contributed by atoms with Crippen molar-refractivity contribution in [3.8, 4) is 6.07 Å². The van der Waals surface area contributed by atoms with E-state index in [1.54, 1.807) is 12.1 Å². The molecular formula is C11H12BrN3O. The smallest absolute Gasteiger partial charge is 0.256 e. The van der Waals surface area contributed by atoms with Crippen molar-refractivity contribution in [2.75, 3.05) is 6.54 Å². The third kappa shape index (κ3) is 3.04. The third-order valence-corrected chi connectivity index (χ3v) is 2.57. The minimum atomic E-state index is -0.170. The van der Waals surface area contributed by atoms with E-state index in [-0.39, 0.29) is 18.5 Å². The second kappa shape index (κ2) is 5.61. The van der Waals surface area contributed by atoms with Crippen LogP contribution in [0.2, 0.25) is 0 Å². The molecule has 0 fully saturated rings. The maximum atomic E-state index is 12.0. The Labute approximate surface area is 103 Å². The number of amides is 1. The highest BCUT2D eigenvalue weighted by molar-refractivity contribution is 9.10. The minimum Gasteiger partial charge on any atom is -0.323 e. The molecule has 4 nitrogen and oxygen atoms in total. The van der Waals surface area contributed by atoms with Gasteiger partial charge in [-0.1, -0.05) is 0 Å². The molecule has 0 atom stereocenters. The van der Waals surface area contributed by atoms with Gasteiger partial charge in [0.1, 0.15) is 11.1 Å². The van der Waals surface area contributed by atoms with E-state index in [1.165, 1.54) is 11.1 Å². The van der Waals surface area contributed by atoms with E-state index < -0.39 is 0 Å². The van der Waals surface area contributed by atoms with Crippen LogP contribution in [0.25, 0.3) is 0 Å². The van der Waals surface area contributed by atoms with Gasteiger partial charge >= 0.3 is 0 Å². The van der Waals surface area contributed by atoms with Gasteiger partial charge < -0.3 is 4.90 Å². The molecule has 1 aromatic rings. The summed E-state index contributed by atoms with van der Waals surface area (Å²) in [5.41, 5.74) is 0.493. The van der Waals surface area contributed by atoms with Crippen molar-refractivity contribution in [2.45, 2.75) is 19.9 Å². The van der Waals surface area contributed by atoms with E-state index in [2.05, 4.69) is 20.9 Å². The predicted octanol–water partition coefficient (Wildman–Crippen LogP) is 2.22. The van der Waals surface area contributed by atoms with Crippen LogP contribution in [0, 0.1) is 11.3 Å². The summed E-state index contributed by atoms with van der Waals surface area (Å²) in [5.74, 6) is -0.170. The molecule has 0 spiro atoms. The molecular weight excluding hydrogens is 270 g/mol. The predicted molar refractivity (Wildman–Crippen MR) is 63.7 cm³/mol. The molecule has 1 aromatic heterocycles. The van der Waals surface area contributed by atoms with E-state index in [0.717, 1.165) is 0 Å². The highest BCUT2D eigenvalue weighted by Gasteiger charge is 2.18. The van der Waals surface area contributed by atoms with Crippen molar-refractivity contribution in [1.82, 2.24) is 9.88 Å². The maximum absolute atomic E-state index is 12.0. The van der Waals surface area contributed by atoms with Gasteiger partial charge in [0, 0.05) is 12.2 Å². The highest BCUT2D eigenvalue weighted by atomic mass is 79.9. The van der Waals surface area contributed by atoms with Gasteiger partial charge in [-0.05, 0) is 41.9 Å². The van der Waals surface area contributed by atoms with Gasteiger partial charge in [-0.2, -0.15) is 5.26 Å². The number of carbonyl (C=O) groups is 1. The number of nitriles is 1. The zero-order valence-corrected chi connectivity index (χ0v) is 10.7. The zero-order chi connectivity index (χ0) is 12.1. The van der Waals surface area contributed by atoms with Gasteiger partial charge in [0.05, 0.1) is 11.6 Å². The van der Waals surface area contributed by atoms with Gasteiger partial charge in [-0.15, -0.1) is 0 Å². The molecule has 5 heteroatoms. The van der Waals surface area contributed by atoms with Crippen molar-refractivity contribution in [1.29, 1.82) is 5.26 Å². The average Bonchev–Trinajstić information content (AvgIpc) is 2.25. The van der Waals surface area contributed by atoms with E-state index in [9.17, 15) is 4.79 Å². The van der Waals surface area contributed by atoms with Crippen molar-refractivity contribution in [3.63, 3.8) is 0 Å². The van der Waals surface area contributed by atoms with Gasteiger partial charge in [0.25, 0.3) is 5.91 Å². The normalized spacial score (nSPS) is 9.94. The van der Waals surface area contributed by atoms with Crippen LogP contribution in [0.1, 0.15) is 24.2 Å². The Morgan fingerprint density at radius 1 is 1.62 bits per heavy atom. The fourth-order valence-corrected chi connectivity index (χ4v) is 1.47. The summed E-state index contributed by atoms with van der Waals surface area (Å²) < 4.78 is 0.681. The molecule has 0 radical (unpaired) electrons. The molecule has 0 bridgehead atoms. The largest absolute Gasteiger partial charge is 0.323 e. The Hall–Kier alpha value is -1.41. The number of hydrogen-bond donors (Lipinski definition) is 0. The molecule has 0 aliphatic heterocycles. The maximum Gasteiger partial charge on any atom is 0.256 e. The third-order valence-electron chi connectivity index (χ3n) is 2.10. The van der Waals surface area contributed by atoms with Crippen LogP contribution >= 0.6 is 15.9 Å². The van der Waals surface area contributed by atoms with Crippen LogP contribution in [0.5, 0.6) is 0 Å². The second-order valence-corrected chi connectivity index (χ2v) is 4.37. The minimum absolute atomic E-state index is 0.00389. The number of nitrogens with zero attached hydrogens (tertiary/aromatic N) is 3. The SMILES string of the molecule is CC(C)N(CC#N)C(=O)c1ccc(Br)nc1. The average molecular weight is 282 g/mol. The van der Waals surface area contributed by atoms with E-state index in [4.69, 9.17) is 5.26 Å². The first kappa shape index (κ1) is 12.7. The highest BCUT2D eigenvalue weighted by Crippen LogP contribution is 2.10. The lowest BCUT2D eigenvalue weighted by atomic mass is 10.2. The Bertz CT molecular complexity index is 408. The molecule has 0 aliphatic rings. The number of hydrogen-bond acceptors (Lipinski definition) is 3. The number of pyridine rings is 1. The Morgan fingerprint density at radius 3 is 2.75 bits per heavy atom. The fraction of sp³-hybridized carbons (Fsp3) is 0.364. The molecule has 84 valence electrons. The summed E-state index contributed by atoms with van der Waals surface area (Å²) >= 11 is 3.20. The fourth-order valence-electron chi connectivity index (χ4n) is 1.23. The lowest BCUT2D eigenvalue weighted by Gasteiger charge is -2.23. The topological polar surface area (TPSA) is 57.0 Å². The molecule has 0 aliphatic carbocycles. The molecule has 0 aromatic carbocycles. The second-order valence-electron chi connectivity index (χ2n) is 3.55. The number of carbonyl (C=O) groups excluding carboxylic acids is 1. The first-order valence-electron chi connectivity index (χ1n) is 4.85. The first-order chi connectivity index (χ1) is 7.56.